The molecular weight excluding hydrogens is 276 g/mol. The summed E-state index contributed by atoms with van der Waals surface area (Å²) in [4.78, 5) is 12.6. The Labute approximate surface area is 119 Å². The van der Waals surface area contributed by atoms with Gasteiger partial charge in [-0.3, -0.25) is 4.68 Å². The number of fused-ring (bicyclic) bond motifs is 5. The molecule has 0 radical (unpaired) electrons. The Morgan fingerprint density at radius 3 is 3.14 bits per heavy atom. The van der Waals surface area contributed by atoms with Gasteiger partial charge in [-0.05, 0) is 0 Å². The lowest BCUT2D eigenvalue weighted by Crippen LogP contribution is -2.34. The van der Waals surface area contributed by atoms with Crippen molar-refractivity contribution in [1.29, 1.82) is 0 Å². The zero-order valence-electron chi connectivity index (χ0n) is 11.2. The average Bonchev–Trinajstić information content (AvgIpc) is 2.98. The van der Waals surface area contributed by atoms with E-state index < -0.39 is 12.2 Å². The summed E-state index contributed by atoms with van der Waals surface area (Å²) in [6, 6.07) is 0. The van der Waals surface area contributed by atoms with Crippen LogP contribution >= 0.6 is 0 Å². The van der Waals surface area contributed by atoms with E-state index >= 15 is 0 Å². The van der Waals surface area contributed by atoms with Gasteiger partial charge in [0.2, 0.25) is 0 Å². The standard InChI is InChI=1S/C13H14N4O4/c18-8-3-7-6-21-15-11(7)12-9-5-16(13(19)20)2-1-10(9)14-17(12)4-8/h6,8,18H,1-5H2,(H,19,20). The molecule has 1 unspecified atom stereocenters. The lowest BCUT2D eigenvalue weighted by atomic mass is 10.0. The Kier molecular flexibility index (Phi) is 2.55. The predicted molar refractivity (Wildman–Crippen MR) is 69.6 cm³/mol. The van der Waals surface area contributed by atoms with Crippen LogP contribution in [0.3, 0.4) is 0 Å². The third kappa shape index (κ3) is 1.83. The zero-order chi connectivity index (χ0) is 14.6. The highest BCUT2D eigenvalue weighted by atomic mass is 16.5. The largest absolute Gasteiger partial charge is 0.465 e. The van der Waals surface area contributed by atoms with Crippen LogP contribution in [0.4, 0.5) is 4.79 Å². The van der Waals surface area contributed by atoms with Crippen molar-refractivity contribution in [3.8, 4) is 11.4 Å². The van der Waals surface area contributed by atoms with Crippen molar-refractivity contribution in [3.63, 3.8) is 0 Å². The third-order valence-electron chi connectivity index (χ3n) is 4.08. The van der Waals surface area contributed by atoms with E-state index in [0.717, 1.165) is 22.5 Å². The fraction of sp³-hybridized carbons (Fsp3) is 0.462. The Hall–Kier alpha value is -2.35. The van der Waals surface area contributed by atoms with Gasteiger partial charge in [0.1, 0.15) is 12.0 Å². The number of carboxylic acid groups (broad SMARTS) is 1. The fourth-order valence-electron chi connectivity index (χ4n) is 3.10. The number of hydrogen-bond acceptors (Lipinski definition) is 5. The molecule has 4 rings (SSSR count). The van der Waals surface area contributed by atoms with Gasteiger partial charge >= 0.3 is 6.09 Å². The van der Waals surface area contributed by atoms with Crippen LogP contribution in [0, 0.1) is 0 Å². The molecule has 8 nitrogen and oxygen atoms in total. The van der Waals surface area contributed by atoms with Gasteiger partial charge < -0.3 is 19.6 Å². The summed E-state index contributed by atoms with van der Waals surface area (Å²) in [5.41, 5.74) is 4.01. The lowest BCUT2D eigenvalue weighted by Gasteiger charge is -2.23. The average molecular weight is 290 g/mol. The summed E-state index contributed by atoms with van der Waals surface area (Å²) in [7, 11) is 0. The van der Waals surface area contributed by atoms with E-state index in [2.05, 4.69) is 10.3 Å². The second-order valence-corrected chi connectivity index (χ2v) is 5.46. The van der Waals surface area contributed by atoms with Crippen LogP contribution in [0.2, 0.25) is 0 Å². The lowest BCUT2D eigenvalue weighted by molar-refractivity contribution is 0.140. The molecule has 0 aliphatic carbocycles. The quantitative estimate of drug-likeness (QED) is 0.731. The van der Waals surface area contributed by atoms with E-state index in [1.54, 1.807) is 4.68 Å². The number of rotatable bonds is 0. The first-order valence-electron chi connectivity index (χ1n) is 6.81. The highest BCUT2D eigenvalue weighted by Crippen LogP contribution is 2.34. The molecule has 0 aromatic carbocycles. The number of aliphatic hydroxyl groups is 1. The van der Waals surface area contributed by atoms with E-state index in [4.69, 9.17) is 4.52 Å². The van der Waals surface area contributed by atoms with Crippen molar-refractivity contribution in [3.05, 3.63) is 23.1 Å². The van der Waals surface area contributed by atoms with Gasteiger partial charge in [-0.25, -0.2) is 4.79 Å². The molecule has 0 spiro atoms. The molecule has 110 valence electrons. The normalized spacial score (nSPS) is 20.4. The summed E-state index contributed by atoms with van der Waals surface area (Å²) < 4.78 is 6.76. The van der Waals surface area contributed by atoms with Crippen LogP contribution in [-0.4, -0.2) is 48.8 Å². The van der Waals surface area contributed by atoms with Gasteiger partial charge in [0.15, 0.2) is 0 Å². The second-order valence-electron chi connectivity index (χ2n) is 5.46. The van der Waals surface area contributed by atoms with Gasteiger partial charge in [-0.1, -0.05) is 5.16 Å². The Morgan fingerprint density at radius 1 is 1.48 bits per heavy atom. The van der Waals surface area contributed by atoms with E-state index in [9.17, 15) is 15.0 Å². The number of amides is 1. The van der Waals surface area contributed by atoms with Crippen molar-refractivity contribution < 1.29 is 19.5 Å². The van der Waals surface area contributed by atoms with Crippen molar-refractivity contribution >= 4 is 6.09 Å². The summed E-state index contributed by atoms with van der Waals surface area (Å²) >= 11 is 0. The van der Waals surface area contributed by atoms with Crippen molar-refractivity contribution in [2.45, 2.75) is 32.0 Å². The van der Waals surface area contributed by atoms with Crippen LogP contribution in [-0.2, 0) is 25.9 Å². The highest BCUT2D eigenvalue weighted by molar-refractivity contribution is 5.69. The van der Waals surface area contributed by atoms with E-state index in [1.807, 2.05) is 0 Å². The maximum absolute atomic E-state index is 11.2. The van der Waals surface area contributed by atoms with Crippen LogP contribution in [0.15, 0.2) is 10.8 Å². The van der Waals surface area contributed by atoms with Crippen LogP contribution in [0.1, 0.15) is 16.8 Å². The minimum Gasteiger partial charge on any atom is -0.465 e. The topological polar surface area (TPSA) is 105 Å². The predicted octanol–water partition coefficient (Wildman–Crippen LogP) is 0.491. The Balaban J connectivity index is 1.87. The Morgan fingerprint density at radius 2 is 2.33 bits per heavy atom. The van der Waals surface area contributed by atoms with Gasteiger partial charge in [0.05, 0.1) is 30.6 Å². The molecule has 0 saturated heterocycles. The number of hydrogen-bond donors (Lipinski definition) is 2. The summed E-state index contributed by atoms with van der Waals surface area (Å²) in [5, 5.41) is 27.8. The number of carbonyl (C=O) groups is 1. The highest BCUT2D eigenvalue weighted by Gasteiger charge is 2.32. The van der Waals surface area contributed by atoms with Crippen LogP contribution in [0.25, 0.3) is 11.4 Å². The minimum absolute atomic E-state index is 0.294. The van der Waals surface area contributed by atoms with Crippen LogP contribution in [0.5, 0.6) is 0 Å². The number of aliphatic hydroxyl groups excluding tert-OH is 1. The third-order valence-corrected chi connectivity index (χ3v) is 4.08. The van der Waals surface area contributed by atoms with Gasteiger partial charge in [-0.2, -0.15) is 5.10 Å². The van der Waals surface area contributed by atoms with Crippen molar-refractivity contribution in [1.82, 2.24) is 19.8 Å². The smallest absolute Gasteiger partial charge is 0.407 e. The molecule has 8 heteroatoms. The molecule has 2 aromatic rings. The van der Waals surface area contributed by atoms with Crippen molar-refractivity contribution in [2.24, 2.45) is 0 Å². The van der Waals surface area contributed by atoms with Gasteiger partial charge in [-0.15, -0.1) is 0 Å². The zero-order valence-corrected chi connectivity index (χ0v) is 11.2. The second kappa shape index (κ2) is 4.32. The summed E-state index contributed by atoms with van der Waals surface area (Å²) in [5.74, 6) is 0. The van der Waals surface area contributed by atoms with Crippen LogP contribution < -0.4 is 0 Å². The first kappa shape index (κ1) is 12.4. The van der Waals surface area contributed by atoms with E-state index in [0.29, 0.717) is 38.2 Å². The maximum atomic E-state index is 11.2. The molecule has 0 fully saturated rings. The molecule has 1 amide bonds. The van der Waals surface area contributed by atoms with Crippen molar-refractivity contribution in [2.75, 3.05) is 6.54 Å². The minimum atomic E-state index is -0.936. The Bertz CT molecular complexity index is 720. The number of aromatic nitrogens is 3. The molecular formula is C13H14N4O4. The molecule has 2 aromatic heterocycles. The first-order valence-corrected chi connectivity index (χ1v) is 6.81. The molecule has 1 atom stereocenters. The molecule has 2 aliphatic rings. The monoisotopic (exact) mass is 290 g/mol. The fourth-order valence-corrected chi connectivity index (χ4v) is 3.10. The van der Waals surface area contributed by atoms with E-state index in [1.165, 1.54) is 11.2 Å². The first-order chi connectivity index (χ1) is 10.1. The molecule has 4 heterocycles. The molecule has 0 saturated carbocycles. The van der Waals surface area contributed by atoms with Gasteiger partial charge in [0.25, 0.3) is 0 Å². The number of nitrogens with zero attached hydrogens (tertiary/aromatic N) is 4. The molecule has 21 heavy (non-hydrogen) atoms. The van der Waals surface area contributed by atoms with E-state index in [-0.39, 0.29) is 0 Å². The summed E-state index contributed by atoms with van der Waals surface area (Å²) in [6.45, 7) is 1.11. The SMILES string of the molecule is O=C(O)N1CCc2nn3c(c2C1)-c1nocc1CC(O)C3. The molecule has 0 bridgehead atoms. The maximum Gasteiger partial charge on any atom is 0.407 e. The summed E-state index contributed by atoms with van der Waals surface area (Å²) in [6.07, 6.45) is 1.08. The van der Waals surface area contributed by atoms with Gasteiger partial charge in [0, 0.05) is 30.5 Å². The molecule has 2 aliphatic heterocycles. The molecule has 2 N–H and O–H groups in total.